The Morgan fingerprint density at radius 2 is 1.85 bits per heavy atom. The zero-order valence-electron chi connectivity index (χ0n) is 15.6. The van der Waals surface area contributed by atoms with Gasteiger partial charge in [0, 0.05) is 12.2 Å². The molecule has 26 heavy (non-hydrogen) atoms. The van der Waals surface area contributed by atoms with E-state index in [2.05, 4.69) is 0 Å². The van der Waals surface area contributed by atoms with E-state index in [1.807, 2.05) is 56.3 Å². The first-order valence-electron chi connectivity index (χ1n) is 8.66. The topological polar surface area (TPSA) is 57.7 Å². The van der Waals surface area contributed by atoms with Gasteiger partial charge in [-0.2, -0.15) is 0 Å². The van der Waals surface area contributed by atoms with E-state index in [-0.39, 0.29) is 5.91 Å². The molecule has 0 unspecified atom stereocenters. The van der Waals surface area contributed by atoms with Crippen molar-refractivity contribution >= 4 is 27.3 Å². The number of rotatable bonds is 4. The summed E-state index contributed by atoms with van der Waals surface area (Å²) < 4.78 is 26.4. The fourth-order valence-corrected chi connectivity index (χ4v) is 4.74. The number of para-hydroxylation sites is 1. The summed E-state index contributed by atoms with van der Waals surface area (Å²) >= 11 is 0. The number of carbonyl (C=O) groups excluding carboxylic acids is 1. The molecule has 1 aliphatic rings. The van der Waals surface area contributed by atoms with Gasteiger partial charge in [0.05, 0.1) is 11.9 Å². The monoisotopic (exact) mass is 372 g/mol. The Kier molecular flexibility index (Phi) is 4.80. The highest BCUT2D eigenvalue weighted by Crippen LogP contribution is 2.31. The predicted molar refractivity (Wildman–Crippen MR) is 105 cm³/mol. The molecule has 0 fully saturated rings. The van der Waals surface area contributed by atoms with Gasteiger partial charge in [-0.05, 0) is 56.0 Å². The normalized spacial score (nSPS) is 14.8. The van der Waals surface area contributed by atoms with Crippen LogP contribution in [0.4, 0.5) is 11.4 Å². The second kappa shape index (κ2) is 6.76. The summed E-state index contributed by atoms with van der Waals surface area (Å²) in [7, 11) is -3.62. The zero-order chi connectivity index (χ0) is 19.1. The minimum atomic E-state index is -3.62. The Bertz CT molecular complexity index is 953. The van der Waals surface area contributed by atoms with Crippen LogP contribution in [0.25, 0.3) is 0 Å². The molecular weight excluding hydrogens is 348 g/mol. The Balaban J connectivity index is 2.01. The van der Waals surface area contributed by atoms with Crippen LogP contribution < -0.4 is 9.21 Å². The van der Waals surface area contributed by atoms with Crippen molar-refractivity contribution in [2.75, 3.05) is 22.0 Å². The maximum absolute atomic E-state index is 13.2. The highest BCUT2D eigenvalue weighted by Gasteiger charge is 2.35. The minimum absolute atomic E-state index is 0.207. The van der Waals surface area contributed by atoms with E-state index in [0.717, 1.165) is 35.1 Å². The van der Waals surface area contributed by atoms with Gasteiger partial charge in [0.25, 0.3) is 5.91 Å². The van der Waals surface area contributed by atoms with Crippen LogP contribution in [0.3, 0.4) is 0 Å². The van der Waals surface area contributed by atoms with Crippen molar-refractivity contribution in [2.45, 2.75) is 33.2 Å². The van der Waals surface area contributed by atoms with Gasteiger partial charge < -0.3 is 4.90 Å². The highest BCUT2D eigenvalue weighted by atomic mass is 32.2. The third-order valence-electron chi connectivity index (χ3n) is 4.82. The second-order valence-electron chi connectivity index (χ2n) is 6.89. The number of anilines is 2. The Labute approximate surface area is 155 Å². The summed E-state index contributed by atoms with van der Waals surface area (Å²) in [5, 5.41) is 0. The first-order chi connectivity index (χ1) is 12.2. The highest BCUT2D eigenvalue weighted by molar-refractivity contribution is 7.92. The molecule has 1 atom stereocenters. The third-order valence-corrected chi connectivity index (χ3v) is 6.05. The molecule has 0 saturated heterocycles. The van der Waals surface area contributed by atoms with Gasteiger partial charge in [-0.15, -0.1) is 0 Å². The molecule has 0 saturated carbocycles. The molecule has 138 valence electrons. The van der Waals surface area contributed by atoms with Crippen LogP contribution in [-0.4, -0.2) is 33.2 Å². The lowest BCUT2D eigenvalue weighted by Crippen LogP contribution is -2.49. The molecule has 2 aromatic rings. The molecule has 0 aromatic heterocycles. The molecule has 0 N–H and O–H groups in total. The molecule has 0 aliphatic carbocycles. The quantitative estimate of drug-likeness (QED) is 0.829. The number of hydrogen-bond acceptors (Lipinski definition) is 3. The van der Waals surface area contributed by atoms with Crippen LogP contribution in [0, 0.1) is 13.8 Å². The van der Waals surface area contributed by atoms with Crippen molar-refractivity contribution < 1.29 is 13.2 Å². The third kappa shape index (κ3) is 3.33. The maximum atomic E-state index is 13.2. The molecule has 1 amide bonds. The van der Waals surface area contributed by atoms with Gasteiger partial charge in [0.15, 0.2) is 0 Å². The molecule has 3 rings (SSSR count). The molecule has 6 heteroatoms. The molecule has 0 radical (unpaired) electrons. The first kappa shape index (κ1) is 18.5. The van der Waals surface area contributed by atoms with Crippen LogP contribution in [0.15, 0.2) is 42.5 Å². The van der Waals surface area contributed by atoms with Crippen LogP contribution >= 0.6 is 0 Å². The van der Waals surface area contributed by atoms with Gasteiger partial charge in [-0.25, -0.2) is 8.42 Å². The van der Waals surface area contributed by atoms with Crippen molar-refractivity contribution in [1.29, 1.82) is 0 Å². The molecule has 0 bridgehead atoms. The predicted octanol–water partition coefficient (Wildman–Crippen LogP) is 3.05. The number of sulfonamides is 1. The Morgan fingerprint density at radius 3 is 2.54 bits per heavy atom. The molecule has 0 spiro atoms. The van der Waals surface area contributed by atoms with E-state index >= 15 is 0 Å². The van der Waals surface area contributed by atoms with Gasteiger partial charge >= 0.3 is 0 Å². The van der Waals surface area contributed by atoms with Crippen molar-refractivity contribution in [3.05, 3.63) is 59.2 Å². The summed E-state index contributed by atoms with van der Waals surface area (Å²) in [5.41, 5.74) is 4.32. The van der Waals surface area contributed by atoms with Crippen LogP contribution in [-0.2, 0) is 21.2 Å². The lowest BCUT2D eigenvalue weighted by atomic mass is 10.1. The molecule has 1 aliphatic heterocycles. The summed E-state index contributed by atoms with van der Waals surface area (Å²) in [6.45, 7) is 6.00. The van der Waals surface area contributed by atoms with Gasteiger partial charge in [-0.3, -0.25) is 9.10 Å². The van der Waals surface area contributed by atoms with E-state index in [4.69, 9.17) is 0 Å². The Morgan fingerprint density at radius 1 is 1.15 bits per heavy atom. The molecule has 1 heterocycles. The summed E-state index contributed by atoms with van der Waals surface area (Å²) in [5.74, 6) is -0.207. The van der Waals surface area contributed by atoms with Gasteiger partial charge in [-0.1, -0.05) is 30.3 Å². The van der Waals surface area contributed by atoms with Crippen molar-refractivity contribution in [3.8, 4) is 0 Å². The van der Waals surface area contributed by atoms with Crippen molar-refractivity contribution in [1.82, 2.24) is 0 Å². The molecule has 5 nitrogen and oxygen atoms in total. The first-order valence-corrected chi connectivity index (χ1v) is 10.5. The van der Waals surface area contributed by atoms with Gasteiger partial charge in [0.2, 0.25) is 10.0 Å². The van der Waals surface area contributed by atoms with Crippen molar-refractivity contribution in [3.63, 3.8) is 0 Å². The fraction of sp³-hybridized carbons (Fsp3) is 0.350. The molecule has 2 aromatic carbocycles. The number of benzene rings is 2. The number of nitrogens with zero attached hydrogens (tertiary/aromatic N) is 2. The fourth-order valence-electron chi connectivity index (χ4n) is 3.52. The summed E-state index contributed by atoms with van der Waals surface area (Å²) in [6, 6.07) is 12.6. The van der Waals surface area contributed by atoms with E-state index in [1.165, 1.54) is 4.31 Å². The number of hydrogen-bond donors (Lipinski definition) is 0. The second-order valence-corrected chi connectivity index (χ2v) is 8.75. The summed E-state index contributed by atoms with van der Waals surface area (Å²) in [4.78, 5) is 14.9. The Hall–Kier alpha value is -2.34. The molecular formula is C20H24N2O3S. The lowest BCUT2D eigenvalue weighted by molar-refractivity contribution is -0.119. The maximum Gasteiger partial charge on any atom is 0.250 e. The summed E-state index contributed by atoms with van der Waals surface area (Å²) in [6.07, 6.45) is 1.94. The largest absolute Gasteiger partial charge is 0.310 e. The van der Waals surface area contributed by atoms with Crippen LogP contribution in [0.2, 0.25) is 0 Å². The lowest BCUT2D eigenvalue weighted by Gasteiger charge is -2.32. The van der Waals surface area contributed by atoms with E-state index in [9.17, 15) is 13.2 Å². The van der Waals surface area contributed by atoms with Crippen LogP contribution in [0.1, 0.15) is 23.6 Å². The average molecular weight is 372 g/mol. The average Bonchev–Trinajstić information content (AvgIpc) is 3.00. The smallest absolute Gasteiger partial charge is 0.250 e. The SMILES string of the molecule is Cc1ccc(C)c(N([C@H](C)C(=O)N2CCc3ccccc32)S(C)(=O)=O)c1. The number of aryl methyl sites for hydroxylation is 2. The van der Waals surface area contributed by atoms with Crippen molar-refractivity contribution in [2.24, 2.45) is 0 Å². The van der Waals surface area contributed by atoms with E-state index in [1.54, 1.807) is 11.8 Å². The van der Waals surface area contributed by atoms with Gasteiger partial charge in [0.1, 0.15) is 6.04 Å². The number of carbonyl (C=O) groups is 1. The number of fused-ring (bicyclic) bond motifs is 1. The standard InChI is InChI=1S/C20H24N2O3S/c1-14-9-10-15(2)19(13-14)22(26(4,24)25)16(3)20(23)21-12-11-17-7-5-6-8-18(17)21/h5-10,13,16H,11-12H2,1-4H3/t16-/m1/s1. The zero-order valence-corrected chi connectivity index (χ0v) is 16.4. The minimum Gasteiger partial charge on any atom is -0.310 e. The number of amides is 1. The van der Waals surface area contributed by atoms with Crippen LogP contribution in [0.5, 0.6) is 0 Å². The van der Waals surface area contributed by atoms with E-state index < -0.39 is 16.1 Å². The van der Waals surface area contributed by atoms with E-state index in [0.29, 0.717) is 12.2 Å².